The van der Waals surface area contributed by atoms with Crippen LogP contribution in [0.2, 0.25) is 0 Å². The van der Waals surface area contributed by atoms with Gasteiger partial charge in [0, 0.05) is 33.7 Å². The number of hydrogen-bond acceptors (Lipinski definition) is 3. The van der Waals surface area contributed by atoms with E-state index >= 15 is 0 Å². The number of carbonyl (C=O) groups excluding carboxylic acids is 1. The lowest BCUT2D eigenvalue weighted by atomic mass is 10.1. The molecule has 6 heteroatoms. The van der Waals surface area contributed by atoms with Gasteiger partial charge < -0.3 is 9.88 Å². The molecule has 1 aromatic heterocycles. The average Bonchev–Trinajstić information content (AvgIpc) is 3.32. The van der Waals surface area contributed by atoms with Crippen LogP contribution in [0, 0.1) is 13.8 Å². The van der Waals surface area contributed by atoms with Crippen molar-refractivity contribution in [2.24, 2.45) is 4.99 Å². The van der Waals surface area contributed by atoms with Crippen molar-refractivity contribution >= 4 is 61.4 Å². The van der Waals surface area contributed by atoms with Gasteiger partial charge in [-0.2, -0.15) is 0 Å². The summed E-state index contributed by atoms with van der Waals surface area (Å²) in [4.78, 5) is 17.9. The van der Waals surface area contributed by atoms with Crippen molar-refractivity contribution in [2.75, 3.05) is 0 Å². The highest BCUT2D eigenvalue weighted by molar-refractivity contribution is 9.10. The van der Waals surface area contributed by atoms with Crippen molar-refractivity contribution in [1.29, 1.82) is 0 Å². The molecule has 3 aromatic carbocycles. The van der Waals surface area contributed by atoms with Crippen LogP contribution in [0.25, 0.3) is 17.0 Å². The molecule has 4 aromatic rings. The molecule has 0 radical (unpaired) electrons. The summed E-state index contributed by atoms with van der Waals surface area (Å²) >= 11 is 4.87. The van der Waals surface area contributed by atoms with E-state index < -0.39 is 0 Å². The van der Waals surface area contributed by atoms with E-state index in [1.54, 1.807) is 0 Å². The van der Waals surface area contributed by atoms with Gasteiger partial charge in [-0.05, 0) is 78.7 Å². The van der Waals surface area contributed by atoms with Crippen LogP contribution < -0.4 is 5.32 Å². The predicted molar refractivity (Wildman–Crippen MR) is 142 cm³/mol. The van der Waals surface area contributed by atoms with Gasteiger partial charge in [0.05, 0.1) is 10.6 Å². The van der Waals surface area contributed by atoms with Crippen molar-refractivity contribution in [3.05, 3.63) is 105 Å². The molecule has 0 bridgehead atoms. The molecule has 0 saturated carbocycles. The third-order valence-corrected chi connectivity index (χ3v) is 7.18. The first-order valence-electron chi connectivity index (χ1n) is 10.7. The summed E-state index contributed by atoms with van der Waals surface area (Å²) in [6, 6.07) is 22.7. The van der Waals surface area contributed by atoms with Gasteiger partial charge in [0.25, 0.3) is 5.91 Å². The lowest BCUT2D eigenvalue weighted by molar-refractivity contribution is -0.115. The molecular weight excluding hydrogens is 494 g/mol. The number of hydrogen-bond donors (Lipinski definition) is 1. The van der Waals surface area contributed by atoms with Crippen LogP contribution in [-0.4, -0.2) is 15.6 Å². The minimum atomic E-state index is -0.118. The first-order valence-corrected chi connectivity index (χ1v) is 12.3. The summed E-state index contributed by atoms with van der Waals surface area (Å²) in [5.41, 5.74) is 6.62. The number of para-hydroxylation sites is 1. The largest absolute Gasteiger partial charge is 0.342 e. The standard InChI is InChI=1S/C27H22BrN3OS/c1-17-7-12-22(13-18(17)2)29-27-30-26(32)25(33-27)14-20-16-31(24-6-4-3-5-23(20)24)15-19-8-10-21(28)11-9-19/h3-14,16H,15H2,1-2H3,(H,29,30,32). The summed E-state index contributed by atoms with van der Waals surface area (Å²) in [5.74, 6) is -0.118. The highest BCUT2D eigenvalue weighted by Gasteiger charge is 2.24. The Bertz CT molecular complexity index is 1430. The Morgan fingerprint density at radius 2 is 1.82 bits per heavy atom. The summed E-state index contributed by atoms with van der Waals surface area (Å²) in [6.45, 7) is 4.90. The number of rotatable bonds is 4. The van der Waals surface area contributed by atoms with Crippen LogP contribution >= 0.6 is 27.7 Å². The summed E-state index contributed by atoms with van der Waals surface area (Å²) < 4.78 is 3.30. The number of halogens is 1. The second-order valence-electron chi connectivity index (χ2n) is 8.11. The highest BCUT2D eigenvalue weighted by Crippen LogP contribution is 2.31. The minimum absolute atomic E-state index is 0.118. The molecule has 1 saturated heterocycles. The summed E-state index contributed by atoms with van der Waals surface area (Å²) in [7, 11) is 0. The molecule has 0 unspecified atom stereocenters. The van der Waals surface area contributed by atoms with Gasteiger partial charge in [-0.1, -0.05) is 52.3 Å². The van der Waals surface area contributed by atoms with Crippen LogP contribution in [0.1, 0.15) is 22.3 Å². The molecule has 5 rings (SSSR count). The van der Waals surface area contributed by atoms with Crippen LogP contribution in [0.4, 0.5) is 5.69 Å². The Labute approximate surface area is 205 Å². The Hall–Kier alpha value is -3.09. The SMILES string of the molecule is Cc1ccc(N=C2NC(=O)C(=Cc3cn(Cc4ccc(Br)cc4)c4ccccc34)S2)cc1C. The molecule has 0 aliphatic carbocycles. The lowest BCUT2D eigenvalue weighted by Crippen LogP contribution is -2.19. The molecule has 2 heterocycles. The number of carbonyl (C=O) groups is 1. The summed E-state index contributed by atoms with van der Waals surface area (Å²) in [5, 5.41) is 4.63. The normalized spacial score (nSPS) is 16.2. The molecule has 1 aliphatic heterocycles. The molecule has 0 spiro atoms. The van der Waals surface area contributed by atoms with E-state index in [2.05, 4.69) is 87.2 Å². The second kappa shape index (κ2) is 9.04. The Morgan fingerprint density at radius 3 is 2.61 bits per heavy atom. The fourth-order valence-electron chi connectivity index (χ4n) is 3.84. The molecule has 1 fully saturated rings. The van der Waals surface area contributed by atoms with Crippen molar-refractivity contribution in [2.45, 2.75) is 20.4 Å². The number of thioether (sulfide) groups is 1. The number of aliphatic imine (C=N–C) groups is 1. The van der Waals surface area contributed by atoms with Crippen molar-refractivity contribution in [3.8, 4) is 0 Å². The monoisotopic (exact) mass is 515 g/mol. The van der Waals surface area contributed by atoms with Crippen molar-refractivity contribution in [3.63, 3.8) is 0 Å². The van der Waals surface area contributed by atoms with E-state index in [0.717, 1.165) is 33.2 Å². The smallest absolute Gasteiger partial charge is 0.264 e. The zero-order chi connectivity index (χ0) is 22.9. The molecule has 1 aliphatic rings. The molecule has 164 valence electrons. The van der Waals surface area contributed by atoms with Crippen molar-refractivity contribution in [1.82, 2.24) is 9.88 Å². The number of nitrogens with zero attached hydrogens (tertiary/aromatic N) is 2. The van der Waals surface area contributed by atoms with Crippen molar-refractivity contribution < 1.29 is 4.79 Å². The number of nitrogens with one attached hydrogen (secondary N) is 1. The third kappa shape index (κ3) is 4.68. The quantitative estimate of drug-likeness (QED) is 0.298. The molecule has 4 nitrogen and oxygen atoms in total. The fraction of sp³-hybridized carbons (Fsp3) is 0.111. The predicted octanol–water partition coefficient (Wildman–Crippen LogP) is 6.96. The van der Waals surface area contributed by atoms with Gasteiger partial charge in [0.15, 0.2) is 5.17 Å². The van der Waals surface area contributed by atoms with E-state index in [1.165, 1.54) is 28.5 Å². The first-order chi connectivity index (χ1) is 16.0. The maximum absolute atomic E-state index is 12.7. The maximum Gasteiger partial charge on any atom is 0.264 e. The molecule has 1 amide bonds. The number of aryl methyl sites for hydroxylation is 2. The molecule has 1 N–H and O–H groups in total. The van der Waals surface area contributed by atoms with Gasteiger partial charge in [-0.25, -0.2) is 4.99 Å². The third-order valence-electron chi connectivity index (χ3n) is 5.74. The zero-order valence-electron chi connectivity index (χ0n) is 18.3. The van der Waals surface area contributed by atoms with E-state index in [9.17, 15) is 4.79 Å². The van der Waals surface area contributed by atoms with Gasteiger partial charge in [-0.15, -0.1) is 0 Å². The van der Waals surface area contributed by atoms with Gasteiger partial charge in [0.2, 0.25) is 0 Å². The van der Waals surface area contributed by atoms with Crippen LogP contribution in [-0.2, 0) is 11.3 Å². The molecule has 0 atom stereocenters. The average molecular weight is 516 g/mol. The number of amides is 1. The maximum atomic E-state index is 12.7. The topological polar surface area (TPSA) is 46.4 Å². The lowest BCUT2D eigenvalue weighted by Gasteiger charge is -2.05. The van der Waals surface area contributed by atoms with Crippen LogP contribution in [0.3, 0.4) is 0 Å². The van der Waals surface area contributed by atoms with Gasteiger partial charge in [0.1, 0.15) is 0 Å². The highest BCUT2D eigenvalue weighted by atomic mass is 79.9. The first kappa shape index (κ1) is 21.7. The number of benzene rings is 3. The van der Waals surface area contributed by atoms with Gasteiger partial charge >= 0.3 is 0 Å². The van der Waals surface area contributed by atoms with E-state index in [0.29, 0.717) is 10.1 Å². The van der Waals surface area contributed by atoms with E-state index in [1.807, 2.05) is 36.4 Å². The van der Waals surface area contributed by atoms with Crippen LogP contribution in [0.15, 0.2) is 87.3 Å². The molecule has 33 heavy (non-hydrogen) atoms. The van der Waals surface area contributed by atoms with E-state index in [-0.39, 0.29) is 5.91 Å². The minimum Gasteiger partial charge on any atom is -0.342 e. The summed E-state index contributed by atoms with van der Waals surface area (Å²) in [6.07, 6.45) is 4.08. The van der Waals surface area contributed by atoms with Gasteiger partial charge in [-0.3, -0.25) is 4.79 Å². The Balaban J connectivity index is 1.46. The Morgan fingerprint density at radius 1 is 1.03 bits per heavy atom. The zero-order valence-corrected chi connectivity index (χ0v) is 20.7. The number of amidine groups is 1. The fourth-order valence-corrected chi connectivity index (χ4v) is 4.94. The Kier molecular flexibility index (Phi) is 5.96. The molecular formula is C27H22BrN3OS. The second-order valence-corrected chi connectivity index (χ2v) is 10.1. The number of fused-ring (bicyclic) bond motifs is 1. The number of aromatic nitrogens is 1. The van der Waals surface area contributed by atoms with Crippen LogP contribution in [0.5, 0.6) is 0 Å². The van der Waals surface area contributed by atoms with E-state index in [4.69, 9.17) is 0 Å².